The fourth-order valence-electron chi connectivity index (χ4n) is 2.86. The lowest BCUT2D eigenvalue weighted by Gasteiger charge is -2.30. The summed E-state index contributed by atoms with van der Waals surface area (Å²) in [4.78, 5) is 3.82. The molecular weight excluding hydrogens is 345 g/mol. The summed E-state index contributed by atoms with van der Waals surface area (Å²) in [6, 6.07) is 7.37. The van der Waals surface area contributed by atoms with Gasteiger partial charge in [-0.25, -0.2) is 4.98 Å². The highest BCUT2D eigenvalue weighted by atomic mass is 32.2. The molecule has 0 spiro atoms. The SMILES string of the molecule is CCCCCCCSC(c1ccccc1)C(n1ccnc1)C(F)(F)F. The molecule has 2 unspecified atom stereocenters. The van der Waals surface area contributed by atoms with Gasteiger partial charge in [0.05, 0.1) is 11.6 Å². The molecule has 0 fully saturated rings. The van der Waals surface area contributed by atoms with Crippen molar-refractivity contribution in [2.75, 3.05) is 5.75 Å². The van der Waals surface area contributed by atoms with Crippen LogP contribution in [0.4, 0.5) is 13.2 Å². The number of aromatic nitrogens is 2. The molecule has 0 radical (unpaired) electrons. The Morgan fingerprint density at radius 2 is 1.80 bits per heavy atom. The molecule has 0 aliphatic heterocycles. The smallest absolute Gasteiger partial charge is 0.324 e. The Labute approximate surface area is 151 Å². The fourth-order valence-corrected chi connectivity index (χ4v) is 4.31. The van der Waals surface area contributed by atoms with Crippen molar-refractivity contribution in [3.63, 3.8) is 0 Å². The first-order valence-electron chi connectivity index (χ1n) is 8.74. The Balaban J connectivity index is 2.15. The molecule has 2 nitrogen and oxygen atoms in total. The molecule has 25 heavy (non-hydrogen) atoms. The maximum atomic E-state index is 13.8. The van der Waals surface area contributed by atoms with E-state index in [1.165, 1.54) is 41.5 Å². The molecule has 0 amide bonds. The van der Waals surface area contributed by atoms with Crippen LogP contribution in [0.1, 0.15) is 55.9 Å². The summed E-state index contributed by atoms with van der Waals surface area (Å²) in [5.74, 6) is 0.727. The largest absolute Gasteiger partial charge is 0.410 e. The van der Waals surface area contributed by atoms with Crippen LogP contribution in [0.25, 0.3) is 0 Å². The number of halogens is 3. The molecule has 0 bridgehead atoms. The summed E-state index contributed by atoms with van der Waals surface area (Å²) in [6.45, 7) is 2.15. The molecule has 0 saturated heterocycles. The van der Waals surface area contributed by atoms with Gasteiger partial charge in [-0.3, -0.25) is 0 Å². The van der Waals surface area contributed by atoms with E-state index in [2.05, 4.69) is 11.9 Å². The number of hydrogen-bond acceptors (Lipinski definition) is 2. The molecule has 6 heteroatoms. The van der Waals surface area contributed by atoms with E-state index in [-0.39, 0.29) is 0 Å². The van der Waals surface area contributed by atoms with Crippen molar-refractivity contribution < 1.29 is 13.2 Å². The van der Waals surface area contributed by atoms with E-state index in [9.17, 15) is 13.2 Å². The summed E-state index contributed by atoms with van der Waals surface area (Å²) < 4.78 is 42.7. The topological polar surface area (TPSA) is 17.8 Å². The summed E-state index contributed by atoms with van der Waals surface area (Å²) in [7, 11) is 0. The highest BCUT2D eigenvalue weighted by Crippen LogP contribution is 2.47. The van der Waals surface area contributed by atoms with E-state index >= 15 is 0 Å². The molecule has 0 saturated carbocycles. The predicted octanol–water partition coefficient (Wildman–Crippen LogP) is 6.43. The van der Waals surface area contributed by atoms with Gasteiger partial charge in [0.15, 0.2) is 0 Å². The zero-order chi connectivity index (χ0) is 18.1. The monoisotopic (exact) mass is 370 g/mol. The standard InChI is InChI=1S/C19H25F3N2S/c1-2-3-4-5-9-14-25-17(16-10-7-6-8-11-16)18(19(20,21)22)24-13-12-23-15-24/h6-8,10-13,15,17-18H,2-5,9,14H2,1H3. The molecule has 1 heterocycles. The van der Waals surface area contributed by atoms with Gasteiger partial charge in [-0.1, -0.05) is 62.9 Å². The summed E-state index contributed by atoms with van der Waals surface area (Å²) in [5, 5.41) is -0.679. The van der Waals surface area contributed by atoms with Crippen LogP contribution in [0, 0.1) is 0 Å². The number of nitrogens with zero attached hydrogens (tertiary/aromatic N) is 2. The molecule has 2 atom stereocenters. The van der Waals surface area contributed by atoms with Crippen LogP contribution in [-0.4, -0.2) is 21.5 Å². The van der Waals surface area contributed by atoms with Gasteiger partial charge in [0.25, 0.3) is 0 Å². The van der Waals surface area contributed by atoms with E-state index < -0.39 is 17.5 Å². The van der Waals surface area contributed by atoms with Gasteiger partial charge in [0, 0.05) is 12.4 Å². The Morgan fingerprint density at radius 3 is 2.40 bits per heavy atom. The number of thioether (sulfide) groups is 1. The maximum absolute atomic E-state index is 13.8. The molecule has 1 aromatic carbocycles. The lowest BCUT2D eigenvalue weighted by molar-refractivity contribution is -0.168. The van der Waals surface area contributed by atoms with Crippen molar-refractivity contribution in [3.8, 4) is 0 Å². The minimum atomic E-state index is -4.34. The number of hydrogen-bond donors (Lipinski definition) is 0. The van der Waals surface area contributed by atoms with Crippen molar-refractivity contribution >= 4 is 11.8 Å². The number of rotatable bonds is 10. The van der Waals surface area contributed by atoms with Crippen molar-refractivity contribution in [2.24, 2.45) is 0 Å². The van der Waals surface area contributed by atoms with Crippen LogP contribution >= 0.6 is 11.8 Å². The van der Waals surface area contributed by atoms with Crippen molar-refractivity contribution in [3.05, 3.63) is 54.6 Å². The first-order valence-corrected chi connectivity index (χ1v) is 9.79. The summed E-state index contributed by atoms with van der Waals surface area (Å²) >= 11 is 1.40. The number of benzene rings is 1. The van der Waals surface area contributed by atoms with Crippen molar-refractivity contribution in [1.82, 2.24) is 9.55 Å². The highest BCUT2D eigenvalue weighted by Gasteiger charge is 2.46. The van der Waals surface area contributed by atoms with Crippen LogP contribution < -0.4 is 0 Å². The quantitative estimate of drug-likeness (QED) is 0.448. The van der Waals surface area contributed by atoms with Gasteiger partial charge >= 0.3 is 6.18 Å². The Kier molecular flexibility index (Phi) is 7.88. The van der Waals surface area contributed by atoms with E-state index in [0.29, 0.717) is 5.56 Å². The van der Waals surface area contributed by atoms with Crippen LogP contribution in [0.3, 0.4) is 0 Å². The minimum absolute atomic E-state index is 0.679. The molecule has 0 aliphatic rings. The number of alkyl halides is 3. The minimum Gasteiger partial charge on any atom is -0.324 e. The van der Waals surface area contributed by atoms with Gasteiger partial charge < -0.3 is 4.57 Å². The molecule has 138 valence electrons. The second-order valence-corrected chi connectivity index (χ2v) is 7.36. The Hall–Kier alpha value is -1.43. The maximum Gasteiger partial charge on any atom is 0.410 e. The van der Waals surface area contributed by atoms with Crippen LogP contribution in [0.2, 0.25) is 0 Å². The van der Waals surface area contributed by atoms with Crippen LogP contribution in [0.5, 0.6) is 0 Å². The third-order valence-electron chi connectivity index (χ3n) is 4.14. The highest BCUT2D eigenvalue weighted by molar-refractivity contribution is 7.99. The van der Waals surface area contributed by atoms with Gasteiger partial charge in [-0.2, -0.15) is 24.9 Å². The van der Waals surface area contributed by atoms with E-state index in [4.69, 9.17) is 0 Å². The molecule has 0 N–H and O–H groups in total. The average Bonchev–Trinajstić information content (AvgIpc) is 3.10. The zero-order valence-corrected chi connectivity index (χ0v) is 15.3. The number of unbranched alkanes of at least 4 members (excludes halogenated alkanes) is 4. The van der Waals surface area contributed by atoms with Gasteiger partial charge in [-0.05, 0) is 17.7 Å². The molecular formula is C19H25F3N2S. The second kappa shape index (κ2) is 9.90. The fraction of sp³-hybridized carbons (Fsp3) is 0.526. The lowest BCUT2D eigenvalue weighted by atomic mass is 10.0. The van der Waals surface area contributed by atoms with Gasteiger partial charge in [0.2, 0.25) is 0 Å². The molecule has 1 aromatic heterocycles. The van der Waals surface area contributed by atoms with Crippen LogP contribution in [-0.2, 0) is 0 Å². The third kappa shape index (κ3) is 6.10. The molecule has 2 rings (SSSR count). The third-order valence-corrected chi connectivity index (χ3v) is 5.56. The Bertz CT molecular complexity index is 584. The van der Waals surface area contributed by atoms with E-state index in [1.807, 2.05) is 6.07 Å². The second-order valence-electron chi connectivity index (χ2n) is 6.11. The lowest BCUT2D eigenvalue weighted by Crippen LogP contribution is -2.30. The van der Waals surface area contributed by atoms with Gasteiger partial charge in [0.1, 0.15) is 6.04 Å². The van der Waals surface area contributed by atoms with Gasteiger partial charge in [-0.15, -0.1) is 0 Å². The predicted molar refractivity (Wildman–Crippen MR) is 97.7 cm³/mol. The van der Waals surface area contributed by atoms with E-state index in [0.717, 1.165) is 31.4 Å². The Morgan fingerprint density at radius 1 is 1.08 bits per heavy atom. The van der Waals surface area contributed by atoms with Crippen LogP contribution in [0.15, 0.2) is 49.1 Å². The normalized spacial score (nSPS) is 14.4. The summed E-state index contributed by atoms with van der Waals surface area (Å²) in [6.07, 6.45) is 5.24. The zero-order valence-electron chi connectivity index (χ0n) is 14.5. The van der Waals surface area contributed by atoms with E-state index in [1.54, 1.807) is 24.3 Å². The van der Waals surface area contributed by atoms with Crippen molar-refractivity contribution in [1.29, 1.82) is 0 Å². The first-order chi connectivity index (χ1) is 12.0. The molecule has 0 aliphatic carbocycles. The number of imidazole rings is 1. The summed E-state index contributed by atoms with van der Waals surface area (Å²) in [5.41, 5.74) is 0.706. The van der Waals surface area contributed by atoms with Crippen molar-refractivity contribution in [2.45, 2.75) is 56.5 Å². The molecule has 2 aromatic rings. The average molecular weight is 370 g/mol. The first kappa shape index (κ1) is 19.9.